The normalized spacial score (nSPS) is 10.3. The number of rotatable bonds is 3. The summed E-state index contributed by atoms with van der Waals surface area (Å²) in [7, 11) is 0. The molecular formula is C13H15N3O2. The Kier molecular flexibility index (Phi) is 3.32. The second-order valence-electron chi connectivity index (χ2n) is 4.19. The van der Waals surface area contributed by atoms with Crippen molar-refractivity contribution in [2.24, 2.45) is 0 Å². The molecule has 0 aliphatic rings. The topological polar surface area (TPSA) is 81.2 Å². The van der Waals surface area contributed by atoms with E-state index in [0.29, 0.717) is 11.6 Å². The van der Waals surface area contributed by atoms with Crippen LogP contribution in [0.2, 0.25) is 0 Å². The Morgan fingerprint density at radius 3 is 2.83 bits per heavy atom. The Bertz CT molecular complexity index is 575. The zero-order valence-electron chi connectivity index (χ0n) is 10.4. The predicted molar refractivity (Wildman–Crippen MR) is 69.2 cm³/mol. The fraction of sp³-hybridized carbons (Fsp3) is 0.231. The van der Waals surface area contributed by atoms with Crippen LogP contribution >= 0.6 is 0 Å². The maximum absolute atomic E-state index is 11.8. The molecule has 0 atom stereocenters. The Morgan fingerprint density at radius 2 is 2.22 bits per heavy atom. The smallest absolute Gasteiger partial charge is 0.234 e. The minimum absolute atomic E-state index is 0.153. The highest BCUT2D eigenvalue weighted by atomic mass is 16.5. The molecule has 0 aliphatic heterocycles. The fourth-order valence-corrected chi connectivity index (χ4v) is 1.59. The first-order valence-corrected chi connectivity index (χ1v) is 5.63. The Morgan fingerprint density at radius 1 is 1.44 bits per heavy atom. The summed E-state index contributed by atoms with van der Waals surface area (Å²) in [5.41, 5.74) is 8.78. The van der Waals surface area contributed by atoms with Gasteiger partial charge in [0.15, 0.2) is 0 Å². The van der Waals surface area contributed by atoms with Gasteiger partial charge in [0, 0.05) is 11.3 Å². The van der Waals surface area contributed by atoms with Gasteiger partial charge in [-0.2, -0.15) is 0 Å². The van der Waals surface area contributed by atoms with Crippen LogP contribution in [-0.4, -0.2) is 11.1 Å². The average molecular weight is 245 g/mol. The standard InChI is InChI=1S/C13H15N3O2/c1-8-9(2)16-18-13(8)15-12(17)7-10-4-3-5-11(14)6-10/h3-6H,7,14H2,1-2H3,(H,15,17). The van der Waals surface area contributed by atoms with Crippen LogP contribution in [0.5, 0.6) is 0 Å². The molecule has 0 unspecified atom stereocenters. The zero-order chi connectivity index (χ0) is 13.1. The number of nitrogens with zero attached hydrogens (tertiary/aromatic N) is 1. The SMILES string of the molecule is Cc1noc(NC(=O)Cc2cccc(N)c2)c1C. The summed E-state index contributed by atoms with van der Waals surface area (Å²) in [6, 6.07) is 7.24. The molecule has 0 spiro atoms. The Balaban J connectivity index is 2.03. The Hall–Kier alpha value is -2.30. The maximum atomic E-state index is 11.8. The van der Waals surface area contributed by atoms with Crippen molar-refractivity contribution in [3.8, 4) is 0 Å². The number of aryl methyl sites for hydroxylation is 1. The largest absolute Gasteiger partial charge is 0.399 e. The number of hydrogen-bond donors (Lipinski definition) is 2. The molecule has 1 aromatic carbocycles. The maximum Gasteiger partial charge on any atom is 0.234 e. The molecule has 2 rings (SSSR count). The van der Waals surface area contributed by atoms with Gasteiger partial charge in [0.05, 0.1) is 12.1 Å². The van der Waals surface area contributed by atoms with Crippen LogP contribution in [0.15, 0.2) is 28.8 Å². The molecule has 18 heavy (non-hydrogen) atoms. The zero-order valence-corrected chi connectivity index (χ0v) is 10.4. The molecule has 1 heterocycles. The number of nitrogen functional groups attached to an aromatic ring is 1. The van der Waals surface area contributed by atoms with E-state index in [0.717, 1.165) is 16.8 Å². The number of carbonyl (C=O) groups excluding carboxylic acids is 1. The molecular weight excluding hydrogens is 230 g/mol. The summed E-state index contributed by atoms with van der Waals surface area (Å²) in [6.45, 7) is 3.67. The molecule has 1 amide bonds. The van der Waals surface area contributed by atoms with Crippen molar-refractivity contribution in [2.75, 3.05) is 11.1 Å². The van der Waals surface area contributed by atoms with Gasteiger partial charge in [-0.15, -0.1) is 0 Å². The first-order chi connectivity index (χ1) is 8.56. The van der Waals surface area contributed by atoms with Gasteiger partial charge in [0.25, 0.3) is 0 Å². The van der Waals surface area contributed by atoms with Gasteiger partial charge in [-0.05, 0) is 31.5 Å². The van der Waals surface area contributed by atoms with Crippen LogP contribution in [-0.2, 0) is 11.2 Å². The molecule has 5 nitrogen and oxygen atoms in total. The van der Waals surface area contributed by atoms with Gasteiger partial charge in [-0.3, -0.25) is 10.1 Å². The summed E-state index contributed by atoms with van der Waals surface area (Å²) < 4.78 is 5.02. The van der Waals surface area contributed by atoms with E-state index in [1.807, 2.05) is 26.0 Å². The number of anilines is 2. The highest BCUT2D eigenvalue weighted by Gasteiger charge is 2.12. The van der Waals surface area contributed by atoms with Gasteiger partial charge >= 0.3 is 0 Å². The lowest BCUT2D eigenvalue weighted by Gasteiger charge is -2.03. The number of hydrogen-bond acceptors (Lipinski definition) is 4. The lowest BCUT2D eigenvalue weighted by Crippen LogP contribution is -2.14. The number of aromatic nitrogens is 1. The second-order valence-corrected chi connectivity index (χ2v) is 4.19. The van der Waals surface area contributed by atoms with Crippen LogP contribution < -0.4 is 11.1 Å². The minimum Gasteiger partial charge on any atom is -0.399 e. The van der Waals surface area contributed by atoms with Gasteiger partial charge in [-0.1, -0.05) is 17.3 Å². The Labute approximate surface area is 105 Å². The molecule has 94 valence electrons. The van der Waals surface area contributed by atoms with Crippen molar-refractivity contribution >= 4 is 17.5 Å². The molecule has 3 N–H and O–H groups in total. The van der Waals surface area contributed by atoms with E-state index in [1.165, 1.54) is 0 Å². The first kappa shape index (κ1) is 12.2. The highest BCUT2D eigenvalue weighted by molar-refractivity contribution is 5.91. The number of nitrogens with one attached hydrogen (secondary N) is 1. The van der Waals surface area contributed by atoms with Gasteiger partial charge < -0.3 is 10.3 Å². The third-order valence-electron chi connectivity index (χ3n) is 2.73. The average Bonchev–Trinajstić information content (AvgIpc) is 2.61. The minimum atomic E-state index is -0.153. The molecule has 0 fully saturated rings. The number of nitrogens with two attached hydrogens (primary N) is 1. The predicted octanol–water partition coefficient (Wildman–Crippen LogP) is 2.05. The molecule has 0 saturated heterocycles. The van der Waals surface area contributed by atoms with E-state index in [9.17, 15) is 4.79 Å². The lowest BCUT2D eigenvalue weighted by molar-refractivity contribution is -0.115. The van der Waals surface area contributed by atoms with Crippen molar-refractivity contribution in [1.82, 2.24) is 5.16 Å². The monoisotopic (exact) mass is 245 g/mol. The molecule has 2 aromatic rings. The van der Waals surface area contributed by atoms with Crippen LogP contribution in [0.25, 0.3) is 0 Å². The molecule has 1 aromatic heterocycles. The number of amides is 1. The van der Waals surface area contributed by atoms with Crippen LogP contribution in [0.4, 0.5) is 11.6 Å². The second kappa shape index (κ2) is 4.91. The van der Waals surface area contributed by atoms with E-state index in [2.05, 4.69) is 10.5 Å². The van der Waals surface area contributed by atoms with Crippen LogP contribution in [0.1, 0.15) is 16.8 Å². The van der Waals surface area contributed by atoms with E-state index in [4.69, 9.17) is 10.3 Å². The van der Waals surface area contributed by atoms with Crippen LogP contribution in [0, 0.1) is 13.8 Å². The highest BCUT2D eigenvalue weighted by Crippen LogP contribution is 2.17. The number of carbonyl (C=O) groups is 1. The quantitative estimate of drug-likeness (QED) is 0.811. The molecule has 0 aliphatic carbocycles. The summed E-state index contributed by atoms with van der Waals surface area (Å²) in [4.78, 5) is 11.8. The van der Waals surface area contributed by atoms with Crippen molar-refractivity contribution in [3.05, 3.63) is 41.1 Å². The number of benzene rings is 1. The van der Waals surface area contributed by atoms with E-state index < -0.39 is 0 Å². The lowest BCUT2D eigenvalue weighted by atomic mass is 10.1. The summed E-state index contributed by atoms with van der Waals surface area (Å²) in [5, 5.41) is 6.47. The fourth-order valence-electron chi connectivity index (χ4n) is 1.59. The van der Waals surface area contributed by atoms with Crippen molar-refractivity contribution < 1.29 is 9.32 Å². The van der Waals surface area contributed by atoms with Crippen molar-refractivity contribution in [3.63, 3.8) is 0 Å². The third-order valence-corrected chi connectivity index (χ3v) is 2.73. The molecule has 0 radical (unpaired) electrons. The van der Waals surface area contributed by atoms with Gasteiger partial charge in [0.1, 0.15) is 0 Å². The molecule has 0 bridgehead atoms. The van der Waals surface area contributed by atoms with Crippen molar-refractivity contribution in [1.29, 1.82) is 0 Å². The van der Waals surface area contributed by atoms with E-state index in [-0.39, 0.29) is 12.3 Å². The summed E-state index contributed by atoms with van der Waals surface area (Å²) >= 11 is 0. The van der Waals surface area contributed by atoms with Gasteiger partial charge in [0.2, 0.25) is 11.8 Å². The van der Waals surface area contributed by atoms with E-state index in [1.54, 1.807) is 12.1 Å². The van der Waals surface area contributed by atoms with Crippen molar-refractivity contribution in [2.45, 2.75) is 20.3 Å². The third kappa shape index (κ3) is 2.68. The van der Waals surface area contributed by atoms with Gasteiger partial charge in [-0.25, -0.2) is 0 Å². The summed E-state index contributed by atoms with van der Waals surface area (Å²) in [6.07, 6.45) is 0.254. The summed E-state index contributed by atoms with van der Waals surface area (Å²) in [5.74, 6) is 0.251. The first-order valence-electron chi connectivity index (χ1n) is 5.63. The van der Waals surface area contributed by atoms with Crippen LogP contribution in [0.3, 0.4) is 0 Å². The molecule has 5 heteroatoms. The molecule has 0 saturated carbocycles. The van der Waals surface area contributed by atoms with E-state index >= 15 is 0 Å².